The first-order chi connectivity index (χ1) is 18.2. The molecule has 0 aliphatic heterocycles. The quantitative estimate of drug-likeness (QED) is 0.161. The minimum Gasteiger partial charge on any atom is -0.410 e. The Bertz CT molecular complexity index is 951. The lowest BCUT2D eigenvalue weighted by Crippen LogP contribution is -2.49. The average molecular weight is 587 g/mol. The topological polar surface area (TPSA) is 35.5 Å². The Kier molecular flexibility index (Phi) is 10.2. The Morgan fingerprint density at radius 2 is 1.48 bits per heavy atom. The monoisotopic (exact) mass is 586 g/mol. The molecule has 3 aliphatic carbocycles. The van der Waals surface area contributed by atoms with Crippen LogP contribution in [0.15, 0.2) is 35.5 Å². The van der Waals surface area contributed by atoms with E-state index in [1.165, 1.54) is 37.7 Å². The first-order valence-electron chi connectivity index (χ1n) is 16.1. The van der Waals surface area contributed by atoms with E-state index in [0.29, 0.717) is 29.6 Å². The van der Waals surface area contributed by atoms with Crippen LogP contribution in [-0.4, -0.2) is 35.1 Å². The standard InChI is InChI=1S/C35H62O3Si2/c1-25(20-22-36)29-18-19-30-28(15-14-21-35(29,30)9)17-16-27-23-31(37-39(10,11)33(3,4)5)26(2)32(24-27)38-40(12,13)34(6,7)8/h16-17,22,25,29-32H,2,14-15,18-21,23-24H2,1,3-13H3/b27-16?,28-17+/t25-,29?,30?,31-,32+,35-/m1/s1. The highest BCUT2D eigenvalue weighted by atomic mass is 28.4. The molecular formula is C35H62O3Si2. The normalized spacial score (nSPS) is 33.4. The fourth-order valence-electron chi connectivity index (χ4n) is 7.22. The van der Waals surface area contributed by atoms with Gasteiger partial charge in [0.05, 0.1) is 12.2 Å². The number of carbonyl (C=O) groups excluding carboxylic acids is 1. The molecule has 0 saturated heterocycles. The van der Waals surface area contributed by atoms with Crippen molar-refractivity contribution in [2.75, 3.05) is 0 Å². The van der Waals surface area contributed by atoms with Gasteiger partial charge in [0, 0.05) is 6.42 Å². The van der Waals surface area contributed by atoms with Crippen LogP contribution in [0.2, 0.25) is 36.3 Å². The molecule has 3 aliphatic rings. The van der Waals surface area contributed by atoms with Crippen molar-refractivity contribution in [1.82, 2.24) is 0 Å². The molecule has 0 spiro atoms. The first kappa shape index (κ1) is 33.7. The van der Waals surface area contributed by atoms with Gasteiger partial charge >= 0.3 is 0 Å². The SMILES string of the molecule is C=C1[C@@H](O[Si](C)(C)C(C)(C)C)CC(=C/C=C2\CCC[C@@]3(C)C2CCC3[C@H](C)CC=O)C[C@H]1O[Si](C)(C)C(C)(C)C. The maximum atomic E-state index is 11.3. The van der Waals surface area contributed by atoms with Gasteiger partial charge in [0.2, 0.25) is 0 Å². The lowest BCUT2D eigenvalue weighted by molar-refractivity contribution is -0.109. The van der Waals surface area contributed by atoms with Gasteiger partial charge in [0.1, 0.15) is 6.29 Å². The van der Waals surface area contributed by atoms with E-state index >= 15 is 0 Å². The van der Waals surface area contributed by atoms with Gasteiger partial charge in [-0.2, -0.15) is 0 Å². The molecule has 40 heavy (non-hydrogen) atoms. The highest BCUT2D eigenvalue weighted by molar-refractivity contribution is 6.74. The molecule has 5 heteroatoms. The molecule has 0 heterocycles. The van der Waals surface area contributed by atoms with Gasteiger partial charge in [-0.25, -0.2) is 0 Å². The van der Waals surface area contributed by atoms with E-state index in [2.05, 4.69) is 100 Å². The van der Waals surface area contributed by atoms with Gasteiger partial charge in [-0.3, -0.25) is 0 Å². The third-order valence-corrected chi connectivity index (χ3v) is 20.9. The molecule has 0 radical (unpaired) electrons. The molecule has 0 aromatic carbocycles. The largest absolute Gasteiger partial charge is 0.410 e. The van der Waals surface area contributed by atoms with Crippen LogP contribution in [0.3, 0.4) is 0 Å². The van der Waals surface area contributed by atoms with Crippen LogP contribution in [0.25, 0.3) is 0 Å². The maximum Gasteiger partial charge on any atom is 0.192 e. The molecule has 0 bridgehead atoms. The molecule has 0 amide bonds. The molecule has 0 aromatic rings. The molecule has 6 atom stereocenters. The summed E-state index contributed by atoms with van der Waals surface area (Å²) in [5.41, 5.74) is 4.56. The zero-order chi connectivity index (χ0) is 30.3. The zero-order valence-corrected chi connectivity index (χ0v) is 30.2. The number of fused-ring (bicyclic) bond motifs is 1. The van der Waals surface area contributed by atoms with E-state index in [0.717, 1.165) is 24.7 Å². The highest BCUT2D eigenvalue weighted by Gasteiger charge is 2.50. The van der Waals surface area contributed by atoms with Crippen LogP contribution in [0.4, 0.5) is 0 Å². The Morgan fingerprint density at radius 3 is 1.95 bits per heavy atom. The summed E-state index contributed by atoms with van der Waals surface area (Å²) in [6.45, 7) is 32.8. The highest BCUT2D eigenvalue weighted by Crippen LogP contribution is 2.59. The van der Waals surface area contributed by atoms with Crippen molar-refractivity contribution in [3.63, 3.8) is 0 Å². The second-order valence-corrected chi connectivity index (χ2v) is 26.3. The van der Waals surface area contributed by atoms with E-state index in [1.807, 2.05) is 0 Å². The van der Waals surface area contributed by atoms with Gasteiger partial charge in [-0.1, -0.05) is 85.3 Å². The second-order valence-electron chi connectivity index (χ2n) is 16.8. The minimum atomic E-state index is -1.97. The van der Waals surface area contributed by atoms with Crippen molar-refractivity contribution < 1.29 is 13.6 Å². The Labute approximate surface area is 249 Å². The molecule has 3 saturated carbocycles. The van der Waals surface area contributed by atoms with Crippen LogP contribution in [-0.2, 0) is 13.6 Å². The number of rotatable bonds is 8. The van der Waals surface area contributed by atoms with Gasteiger partial charge < -0.3 is 13.6 Å². The fraction of sp³-hybridized carbons (Fsp3) is 0.800. The van der Waals surface area contributed by atoms with Gasteiger partial charge in [-0.05, 0) is 110 Å². The number of hydrogen-bond donors (Lipinski definition) is 0. The summed E-state index contributed by atoms with van der Waals surface area (Å²) in [5, 5.41) is 0.303. The summed E-state index contributed by atoms with van der Waals surface area (Å²) < 4.78 is 14.1. The van der Waals surface area contributed by atoms with Gasteiger partial charge in [0.25, 0.3) is 0 Å². The van der Waals surface area contributed by atoms with Crippen molar-refractivity contribution in [3.8, 4) is 0 Å². The van der Waals surface area contributed by atoms with Crippen LogP contribution in [0.1, 0.15) is 107 Å². The Morgan fingerprint density at radius 1 is 0.950 bits per heavy atom. The van der Waals surface area contributed by atoms with Gasteiger partial charge in [-0.15, -0.1) is 0 Å². The van der Waals surface area contributed by atoms with Crippen molar-refractivity contribution in [2.45, 2.75) is 155 Å². The smallest absolute Gasteiger partial charge is 0.192 e. The molecule has 3 fully saturated rings. The van der Waals surface area contributed by atoms with Crippen LogP contribution in [0.5, 0.6) is 0 Å². The molecular weight excluding hydrogens is 525 g/mol. The van der Waals surface area contributed by atoms with Gasteiger partial charge in [0.15, 0.2) is 16.6 Å². The number of allylic oxidation sites excluding steroid dienone is 3. The zero-order valence-electron chi connectivity index (χ0n) is 28.2. The van der Waals surface area contributed by atoms with Crippen molar-refractivity contribution in [2.24, 2.45) is 23.2 Å². The summed E-state index contributed by atoms with van der Waals surface area (Å²) in [6.07, 6.45) is 14.9. The molecule has 2 unspecified atom stereocenters. The van der Waals surface area contributed by atoms with Crippen molar-refractivity contribution >= 4 is 22.9 Å². The third kappa shape index (κ3) is 7.06. The van der Waals surface area contributed by atoms with Crippen LogP contribution >= 0.6 is 0 Å². The minimum absolute atomic E-state index is 0.0192. The summed E-state index contributed by atoms with van der Waals surface area (Å²) in [6, 6.07) is 0. The fourth-order valence-corrected chi connectivity index (χ4v) is 9.82. The summed E-state index contributed by atoms with van der Waals surface area (Å²) in [4.78, 5) is 11.3. The molecule has 3 rings (SSSR count). The van der Waals surface area contributed by atoms with E-state index in [4.69, 9.17) is 8.85 Å². The number of carbonyl (C=O) groups is 1. The van der Waals surface area contributed by atoms with Crippen molar-refractivity contribution in [1.29, 1.82) is 0 Å². The lowest BCUT2D eigenvalue weighted by atomic mass is 9.61. The lowest BCUT2D eigenvalue weighted by Gasteiger charge is -2.46. The third-order valence-electron chi connectivity index (χ3n) is 11.9. The van der Waals surface area contributed by atoms with E-state index in [-0.39, 0.29) is 22.3 Å². The van der Waals surface area contributed by atoms with Crippen LogP contribution in [0, 0.1) is 23.2 Å². The molecule has 0 aromatic heterocycles. The summed E-state index contributed by atoms with van der Waals surface area (Å²) >= 11 is 0. The molecule has 3 nitrogen and oxygen atoms in total. The van der Waals surface area contributed by atoms with E-state index in [9.17, 15) is 4.79 Å². The van der Waals surface area contributed by atoms with Crippen LogP contribution < -0.4 is 0 Å². The molecule has 0 N–H and O–H groups in total. The predicted octanol–water partition coefficient (Wildman–Crippen LogP) is 10.4. The average Bonchev–Trinajstić information content (AvgIpc) is 3.16. The molecule has 228 valence electrons. The van der Waals surface area contributed by atoms with Crippen molar-refractivity contribution in [3.05, 3.63) is 35.5 Å². The van der Waals surface area contributed by atoms with E-state index in [1.54, 1.807) is 5.57 Å². The first-order valence-corrected chi connectivity index (χ1v) is 21.9. The Hall–Kier alpha value is -0.756. The predicted molar refractivity (Wildman–Crippen MR) is 177 cm³/mol. The number of aldehydes is 1. The van der Waals surface area contributed by atoms with E-state index < -0.39 is 16.6 Å². The maximum absolute atomic E-state index is 11.3. The Balaban J connectivity index is 1.91. The summed E-state index contributed by atoms with van der Waals surface area (Å²) in [5.74, 6) is 1.78. The summed E-state index contributed by atoms with van der Waals surface area (Å²) in [7, 11) is -3.94. The number of hydrogen-bond acceptors (Lipinski definition) is 3. The second kappa shape index (κ2) is 12.1.